The zero-order valence-electron chi connectivity index (χ0n) is 14.7. The van der Waals surface area contributed by atoms with Gasteiger partial charge in [-0.2, -0.15) is 5.10 Å². The van der Waals surface area contributed by atoms with Crippen molar-refractivity contribution in [3.8, 4) is 0 Å². The summed E-state index contributed by atoms with van der Waals surface area (Å²) in [6.45, 7) is 2.08. The number of benzene rings is 2. The molecule has 2 aromatic carbocycles. The van der Waals surface area contributed by atoms with Crippen LogP contribution in [0.2, 0.25) is 0 Å². The summed E-state index contributed by atoms with van der Waals surface area (Å²) >= 11 is 4.52. The van der Waals surface area contributed by atoms with Crippen molar-refractivity contribution < 1.29 is 4.79 Å². The first-order chi connectivity index (χ1) is 13.2. The van der Waals surface area contributed by atoms with Crippen LogP contribution >= 0.6 is 34.9 Å². The van der Waals surface area contributed by atoms with E-state index in [0.717, 1.165) is 20.0 Å². The predicted octanol–water partition coefficient (Wildman–Crippen LogP) is 4.38. The summed E-state index contributed by atoms with van der Waals surface area (Å²) in [6.07, 6.45) is 1.62. The summed E-state index contributed by atoms with van der Waals surface area (Å²) in [4.78, 5) is 11.9. The lowest BCUT2D eigenvalue weighted by Crippen LogP contribution is -2.19. The van der Waals surface area contributed by atoms with Gasteiger partial charge in [0.05, 0.1) is 12.0 Å². The van der Waals surface area contributed by atoms with Gasteiger partial charge in [0.25, 0.3) is 5.91 Å². The molecule has 0 spiro atoms. The summed E-state index contributed by atoms with van der Waals surface area (Å²) in [7, 11) is 0. The van der Waals surface area contributed by atoms with Crippen molar-refractivity contribution in [2.45, 2.75) is 21.4 Å². The number of carbonyl (C=O) groups is 1. The van der Waals surface area contributed by atoms with E-state index >= 15 is 0 Å². The first-order valence-corrected chi connectivity index (χ1v) is 11.0. The minimum atomic E-state index is -0.170. The topological polar surface area (TPSA) is 67.2 Å². The molecular formula is C19H18N4OS3. The molecule has 1 amide bonds. The van der Waals surface area contributed by atoms with Gasteiger partial charge in [-0.15, -0.1) is 10.2 Å². The van der Waals surface area contributed by atoms with Gasteiger partial charge in [0.15, 0.2) is 8.68 Å². The number of aryl methyl sites for hydroxylation is 1. The molecule has 5 nitrogen and oxygen atoms in total. The molecule has 0 radical (unpaired) electrons. The van der Waals surface area contributed by atoms with Gasteiger partial charge in [0, 0.05) is 5.75 Å². The van der Waals surface area contributed by atoms with Gasteiger partial charge in [0.1, 0.15) is 0 Å². The molecule has 1 aromatic heterocycles. The maximum Gasteiger partial charge on any atom is 0.250 e. The maximum absolute atomic E-state index is 11.9. The number of hydrogen-bond acceptors (Lipinski definition) is 7. The Hall–Kier alpha value is -2.16. The van der Waals surface area contributed by atoms with Crippen LogP contribution < -0.4 is 5.43 Å². The molecule has 0 aliphatic rings. The summed E-state index contributed by atoms with van der Waals surface area (Å²) in [6, 6.07) is 18.1. The molecule has 0 unspecified atom stereocenters. The molecule has 1 heterocycles. The van der Waals surface area contributed by atoms with Gasteiger partial charge < -0.3 is 0 Å². The number of hydrazone groups is 1. The summed E-state index contributed by atoms with van der Waals surface area (Å²) < 4.78 is 1.68. The van der Waals surface area contributed by atoms with Crippen LogP contribution in [0, 0.1) is 6.92 Å². The molecule has 1 N–H and O–H groups in total. The number of nitrogens with one attached hydrogen (secondary N) is 1. The van der Waals surface area contributed by atoms with Gasteiger partial charge in [-0.25, -0.2) is 5.43 Å². The van der Waals surface area contributed by atoms with Crippen LogP contribution in [0.15, 0.2) is 68.4 Å². The Bertz CT molecular complexity index is 895. The molecular weight excluding hydrogens is 396 g/mol. The second-order valence-electron chi connectivity index (χ2n) is 5.60. The summed E-state index contributed by atoms with van der Waals surface area (Å²) in [5.41, 5.74) is 5.96. The van der Waals surface area contributed by atoms with Gasteiger partial charge in [-0.05, 0) is 18.1 Å². The Balaban J connectivity index is 1.40. The predicted molar refractivity (Wildman–Crippen MR) is 114 cm³/mol. The Labute approximate surface area is 170 Å². The quantitative estimate of drug-likeness (QED) is 0.337. The largest absolute Gasteiger partial charge is 0.272 e. The van der Waals surface area contributed by atoms with Gasteiger partial charge in [-0.1, -0.05) is 95.0 Å². The van der Waals surface area contributed by atoms with E-state index in [0.29, 0.717) is 0 Å². The van der Waals surface area contributed by atoms with E-state index in [1.165, 1.54) is 34.2 Å². The molecule has 3 rings (SSSR count). The van der Waals surface area contributed by atoms with Crippen LogP contribution in [-0.2, 0) is 10.5 Å². The second kappa shape index (κ2) is 10.2. The standard InChI is InChI=1S/C19H18N4OS3/c1-14-7-9-16(10-8-14)12-25-18-22-23-19(27-18)26-13-17(24)21-20-11-15-5-3-2-4-6-15/h2-11H,12-13H2,1H3,(H,21,24)/b20-11+. The van der Waals surface area contributed by atoms with Crippen LogP contribution in [-0.4, -0.2) is 28.1 Å². The molecule has 0 atom stereocenters. The maximum atomic E-state index is 11.9. The third-order valence-electron chi connectivity index (χ3n) is 3.40. The van der Waals surface area contributed by atoms with Crippen molar-refractivity contribution in [1.82, 2.24) is 15.6 Å². The van der Waals surface area contributed by atoms with Crippen molar-refractivity contribution in [3.05, 3.63) is 71.3 Å². The molecule has 8 heteroatoms. The van der Waals surface area contributed by atoms with Crippen LogP contribution in [0.1, 0.15) is 16.7 Å². The summed E-state index contributed by atoms with van der Waals surface area (Å²) in [5.74, 6) is 0.939. The first kappa shape index (κ1) is 19.6. The zero-order valence-corrected chi connectivity index (χ0v) is 17.1. The molecule has 138 valence electrons. The molecule has 3 aromatic rings. The lowest BCUT2D eigenvalue weighted by Gasteiger charge is -1.99. The van der Waals surface area contributed by atoms with E-state index in [9.17, 15) is 4.79 Å². The lowest BCUT2D eigenvalue weighted by molar-refractivity contribution is -0.118. The van der Waals surface area contributed by atoms with Crippen LogP contribution in [0.5, 0.6) is 0 Å². The highest BCUT2D eigenvalue weighted by molar-refractivity contribution is 8.03. The number of thioether (sulfide) groups is 2. The minimum absolute atomic E-state index is 0.170. The van der Waals surface area contributed by atoms with Gasteiger partial charge in [0.2, 0.25) is 0 Å². The average molecular weight is 415 g/mol. The SMILES string of the molecule is Cc1ccc(CSc2nnc(SCC(=O)N/N=C/c3ccccc3)s2)cc1. The summed E-state index contributed by atoms with van der Waals surface area (Å²) in [5, 5.41) is 12.3. The van der Waals surface area contributed by atoms with Crippen LogP contribution in [0.3, 0.4) is 0 Å². The van der Waals surface area contributed by atoms with E-state index in [1.807, 2.05) is 30.3 Å². The van der Waals surface area contributed by atoms with Crippen LogP contribution in [0.4, 0.5) is 0 Å². The van der Waals surface area contributed by atoms with Crippen molar-refractivity contribution in [3.63, 3.8) is 0 Å². The Morgan fingerprint density at radius 2 is 1.78 bits per heavy atom. The Morgan fingerprint density at radius 3 is 2.52 bits per heavy atom. The molecule has 0 saturated carbocycles. The zero-order chi connectivity index (χ0) is 18.9. The van der Waals surface area contributed by atoms with Crippen molar-refractivity contribution >= 4 is 47.0 Å². The monoisotopic (exact) mass is 414 g/mol. The number of amides is 1. The van der Waals surface area contributed by atoms with E-state index in [2.05, 4.69) is 51.9 Å². The number of nitrogens with zero attached hydrogens (tertiary/aromatic N) is 3. The fraction of sp³-hybridized carbons (Fsp3) is 0.158. The molecule has 0 aliphatic carbocycles. The third-order valence-corrected chi connectivity index (χ3v) is 6.66. The fourth-order valence-electron chi connectivity index (χ4n) is 2.02. The third kappa shape index (κ3) is 6.82. The van der Waals surface area contributed by atoms with E-state index in [-0.39, 0.29) is 11.7 Å². The first-order valence-electron chi connectivity index (χ1n) is 8.20. The van der Waals surface area contributed by atoms with E-state index < -0.39 is 0 Å². The Kier molecular flexibility index (Phi) is 7.44. The average Bonchev–Trinajstić information content (AvgIpc) is 3.15. The number of rotatable bonds is 8. The highest BCUT2D eigenvalue weighted by Gasteiger charge is 2.08. The number of carbonyl (C=O) groups excluding carboxylic acids is 1. The molecule has 27 heavy (non-hydrogen) atoms. The van der Waals surface area contributed by atoms with Crippen molar-refractivity contribution in [2.24, 2.45) is 5.10 Å². The molecule has 0 aliphatic heterocycles. The van der Waals surface area contributed by atoms with Crippen molar-refractivity contribution in [2.75, 3.05) is 5.75 Å². The van der Waals surface area contributed by atoms with Gasteiger partial charge in [-0.3, -0.25) is 4.79 Å². The number of aromatic nitrogens is 2. The lowest BCUT2D eigenvalue weighted by atomic mass is 10.2. The van der Waals surface area contributed by atoms with Crippen molar-refractivity contribution in [1.29, 1.82) is 0 Å². The molecule has 0 fully saturated rings. The van der Waals surface area contributed by atoms with Crippen LogP contribution in [0.25, 0.3) is 0 Å². The Morgan fingerprint density at radius 1 is 1.07 bits per heavy atom. The second-order valence-corrected chi connectivity index (χ2v) is 9.02. The fourth-order valence-corrected chi connectivity index (χ4v) is 4.79. The van der Waals surface area contributed by atoms with E-state index in [4.69, 9.17) is 0 Å². The molecule has 0 bridgehead atoms. The highest BCUT2D eigenvalue weighted by atomic mass is 32.2. The van der Waals surface area contributed by atoms with Gasteiger partial charge >= 0.3 is 0 Å². The molecule has 0 saturated heterocycles. The minimum Gasteiger partial charge on any atom is -0.272 e. The number of hydrogen-bond donors (Lipinski definition) is 1. The van der Waals surface area contributed by atoms with E-state index in [1.54, 1.807) is 18.0 Å². The highest BCUT2D eigenvalue weighted by Crippen LogP contribution is 2.30. The normalized spacial score (nSPS) is 11.0. The smallest absolute Gasteiger partial charge is 0.250 e.